The number of rotatable bonds is 3. The Bertz CT molecular complexity index is 625. The second-order valence-electron chi connectivity index (χ2n) is 6.58. The summed E-state index contributed by atoms with van der Waals surface area (Å²) in [5.41, 5.74) is 2.36. The minimum absolute atomic E-state index is 0.315. The lowest BCUT2D eigenvalue weighted by Gasteiger charge is -2.32. The summed E-state index contributed by atoms with van der Waals surface area (Å²) in [7, 11) is -0.322. The van der Waals surface area contributed by atoms with E-state index in [1.807, 2.05) is 36.4 Å². The smallest absolute Gasteiger partial charge is 0.399 e. The zero-order chi connectivity index (χ0) is 15.8. The highest BCUT2D eigenvalue weighted by Crippen LogP contribution is 2.36. The van der Waals surface area contributed by atoms with E-state index in [1.54, 1.807) is 12.4 Å². The van der Waals surface area contributed by atoms with E-state index in [2.05, 4.69) is 38.0 Å². The average molecular weight is 296 g/mol. The van der Waals surface area contributed by atoms with Crippen molar-refractivity contribution in [2.45, 2.75) is 38.9 Å². The number of nitrogens with one attached hydrogen (secondary N) is 1. The molecule has 114 valence electrons. The number of benzene rings is 1. The highest BCUT2D eigenvalue weighted by molar-refractivity contribution is 6.62. The molecule has 4 nitrogen and oxygen atoms in total. The Kier molecular flexibility index (Phi) is 3.71. The van der Waals surface area contributed by atoms with E-state index >= 15 is 0 Å². The lowest BCUT2D eigenvalue weighted by atomic mass is 9.79. The zero-order valence-corrected chi connectivity index (χ0v) is 13.5. The number of aromatic nitrogens is 1. The van der Waals surface area contributed by atoms with E-state index in [9.17, 15) is 0 Å². The molecule has 5 heteroatoms. The molecule has 0 aliphatic carbocycles. The van der Waals surface area contributed by atoms with Crippen LogP contribution in [0.1, 0.15) is 27.7 Å². The molecule has 0 bridgehead atoms. The van der Waals surface area contributed by atoms with Gasteiger partial charge in [0.2, 0.25) is 0 Å². The lowest BCUT2D eigenvalue weighted by Crippen LogP contribution is -2.41. The van der Waals surface area contributed by atoms with Crippen molar-refractivity contribution >= 4 is 24.0 Å². The molecule has 0 radical (unpaired) electrons. The molecule has 2 heterocycles. The number of pyridine rings is 1. The first-order chi connectivity index (χ1) is 10.4. The molecular weight excluding hydrogens is 275 g/mol. The Balaban J connectivity index is 1.73. The molecule has 0 spiro atoms. The van der Waals surface area contributed by atoms with E-state index < -0.39 is 0 Å². The minimum Gasteiger partial charge on any atom is -0.399 e. The summed E-state index contributed by atoms with van der Waals surface area (Å²) in [5.74, 6) is 0. The van der Waals surface area contributed by atoms with E-state index in [0.29, 0.717) is 0 Å². The van der Waals surface area contributed by atoms with Crippen LogP contribution in [-0.4, -0.2) is 23.3 Å². The molecule has 1 aliphatic rings. The molecule has 0 unspecified atom stereocenters. The first-order valence-corrected chi connectivity index (χ1v) is 7.50. The summed E-state index contributed by atoms with van der Waals surface area (Å²) < 4.78 is 12.1. The maximum absolute atomic E-state index is 6.06. The molecule has 0 saturated carbocycles. The molecule has 1 fully saturated rings. The maximum Gasteiger partial charge on any atom is 0.494 e. The molecule has 1 aromatic carbocycles. The van der Waals surface area contributed by atoms with Gasteiger partial charge in [0.15, 0.2) is 0 Å². The normalized spacial score (nSPS) is 19.2. The van der Waals surface area contributed by atoms with Gasteiger partial charge in [-0.1, -0.05) is 12.1 Å². The van der Waals surface area contributed by atoms with Crippen LogP contribution in [-0.2, 0) is 9.31 Å². The van der Waals surface area contributed by atoms with Crippen LogP contribution in [0.4, 0.5) is 11.4 Å². The van der Waals surface area contributed by atoms with Gasteiger partial charge in [-0.15, -0.1) is 0 Å². The lowest BCUT2D eigenvalue weighted by molar-refractivity contribution is 0.00578. The molecule has 3 rings (SSSR count). The monoisotopic (exact) mass is 296 g/mol. The van der Waals surface area contributed by atoms with Gasteiger partial charge in [-0.25, -0.2) is 0 Å². The largest absolute Gasteiger partial charge is 0.494 e. The van der Waals surface area contributed by atoms with Gasteiger partial charge in [0, 0.05) is 11.9 Å². The Morgan fingerprint density at radius 1 is 0.909 bits per heavy atom. The Morgan fingerprint density at radius 2 is 1.55 bits per heavy atom. The Hall–Kier alpha value is -1.85. The molecule has 1 saturated heterocycles. The van der Waals surface area contributed by atoms with E-state index in [-0.39, 0.29) is 18.3 Å². The number of nitrogens with zero attached hydrogens (tertiary/aromatic N) is 1. The van der Waals surface area contributed by atoms with Gasteiger partial charge in [-0.2, -0.15) is 0 Å². The maximum atomic E-state index is 6.06. The third-order valence-corrected chi connectivity index (χ3v) is 4.39. The van der Waals surface area contributed by atoms with Crippen LogP contribution in [0.5, 0.6) is 0 Å². The van der Waals surface area contributed by atoms with Crippen molar-refractivity contribution in [1.82, 2.24) is 4.98 Å². The predicted molar refractivity (Wildman–Crippen MR) is 89.7 cm³/mol. The van der Waals surface area contributed by atoms with Gasteiger partial charge < -0.3 is 14.6 Å². The third-order valence-electron chi connectivity index (χ3n) is 4.39. The molecule has 0 atom stereocenters. The van der Waals surface area contributed by atoms with Gasteiger partial charge in [-0.05, 0) is 57.4 Å². The van der Waals surface area contributed by atoms with Crippen molar-refractivity contribution in [3.05, 3.63) is 48.8 Å². The predicted octanol–water partition coefficient (Wildman–Crippen LogP) is 3.12. The number of hydrogen-bond donors (Lipinski definition) is 1. The standard InChI is InChI=1S/C17H21BN2O2/c1-16(2)17(3,4)22-18(21-16)13-7-9-14(10-8-13)20-15-6-5-11-19-12-15/h5-12,20H,1-4H3. The molecule has 1 aliphatic heterocycles. The number of hydrogen-bond acceptors (Lipinski definition) is 4. The minimum atomic E-state index is -0.322. The fraction of sp³-hybridized carbons (Fsp3) is 0.353. The van der Waals surface area contributed by atoms with Crippen molar-refractivity contribution in [2.24, 2.45) is 0 Å². The van der Waals surface area contributed by atoms with Crippen molar-refractivity contribution in [1.29, 1.82) is 0 Å². The van der Waals surface area contributed by atoms with Gasteiger partial charge in [0.25, 0.3) is 0 Å². The van der Waals surface area contributed by atoms with Crippen LogP contribution in [0.3, 0.4) is 0 Å². The first kappa shape index (κ1) is 15.1. The topological polar surface area (TPSA) is 43.4 Å². The highest BCUT2D eigenvalue weighted by atomic mass is 16.7. The molecule has 22 heavy (non-hydrogen) atoms. The van der Waals surface area contributed by atoms with Crippen LogP contribution < -0.4 is 10.8 Å². The Morgan fingerprint density at radius 3 is 2.09 bits per heavy atom. The van der Waals surface area contributed by atoms with Gasteiger partial charge in [0.1, 0.15) is 0 Å². The molecule has 0 amide bonds. The van der Waals surface area contributed by atoms with Crippen molar-refractivity contribution in [2.75, 3.05) is 5.32 Å². The van der Waals surface area contributed by atoms with E-state index in [0.717, 1.165) is 16.8 Å². The van der Waals surface area contributed by atoms with E-state index in [1.165, 1.54) is 0 Å². The van der Waals surface area contributed by atoms with Gasteiger partial charge >= 0.3 is 7.12 Å². The summed E-state index contributed by atoms with van der Waals surface area (Å²) in [4.78, 5) is 4.09. The van der Waals surface area contributed by atoms with Gasteiger partial charge in [0.05, 0.1) is 23.1 Å². The SMILES string of the molecule is CC1(C)OB(c2ccc(Nc3cccnc3)cc2)OC1(C)C. The fourth-order valence-corrected chi connectivity index (χ4v) is 2.31. The molecular formula is C17H21BN2O2. The third kappa shape index (κ3) is 2.87. The summed E-state index contributed by atoms with van der Waals surface area (Å²) in [6.07, 6.45) is 3.55. The van der Waals surface area contributed by atoms with Gasteiger partial charge in [-0.3, -0.25) is 4.98 Å². The Labute approximate surface area is 132 Å². The van der Waals surface area contributed by atoms with Crippen LogP contribution in [0, 0.1) is 0 Å². The molecule has 1 aromatic heterocycles. The average Bonchev–Trinajstić information content (AvgIpc) is 2.69. The first-order valence-electron chi connectivity index (χ1n) is 7.50. The van der Waals surface area contributed by atoms with Crippen LogP contribution >= 0.6 is 0 Å². The zero-order valence-electron chi connectivity index (χ0n) is 13.5. The second kappa shape index (κ2) is 5.41. The fourth-order valence-electron chi connectivity index (χ4n) is 2.31. The summed E-state index contributed by atoms with van der Waals surface area (Å²) in [6, 6.07) is 12.0. The molecule has 1 N–H and O–H groups in total. The van der Waals surface area contributed by atoms with Crippen molar-refractivity contribution in [3.63, 3.8) is 0 Å². The van der Waals surface area contributed by atoms with E-state index in [4.69, 9.17) is 9.31 Å². The summed E-state index contributed by atoms with van der Waals surface area (Å²) in [5, 5.41) is 3.31. The second-order valence-corrected chi connectivity index (χ2v) is 6.58. The molecule has 2 aromatic rings. The van der Waals surface area contributed by atoms with Crippen molar-refractivity contribution < 1.29 is 9.31 Å². The van der Waals surface area contributed by atoms with Crippen LogP contribution in [0.15, 0.2) is 48.8 Å². The number of anilines is 2. The summed E-state index contributed by atoms with van der Waals surface area (Å²) >= 11 is 0. The van der Waals surface area contributed by atoms with Crippen LogP contribution in [0.2, 0.25) is 0 Å². The highest BCUT2D eigenvalue weighted by Gasteiger charge is 2.51. The quantitative estimate of drug-likeness (QED) is 0.884. The van der Waals surface area contributed by atoms with Crippen LogP contribution in [0.25, 0.3) is 0 Å². The summed E-state index contributed by atoms with van der Waals surface area (Å²) in [6.45, 7) is 8.24. The van der Waals surface area contributed by atoms with Crippen molar-refractivity contribution in [3.8, 4) is 0 Å².